The first-order valence-electron chi connectivity index (χ1n) is 7.64. The van der Waals surface area contributed by atoms with Gasteiger partial charge in [0.15, 0.2) is 11.6 Å². The molecule has 0 spiro atoms. The molecule has 1 aromatic carbocycles. The van der Waals surface area contributed by atoms with Gasteiger partial charge in [-0.1, -0.05) is 19.1 Å². The number of primary amides is 1. The number of carbonyl (C=O) groups excluding carboxylic acids is 1. The summed E-state index contributed by atoms with van der Waals surface area (Å²) in [5, 5.41) is 3.23. The highest BCUT2D eigenvalue weighted by molar-refractivity contribution is 5.78. The van der Waals surface area contributed by atoms with Crippen molar-refractivity contribution in [1.82, 2.24) is 5.32 Å². The van der Waals surface area contributed by atoms with E-state index in [1.165, 1.54) is 12.1 Å². The van der Waals surface area contributed by atoms with Crippen LogP contribution in [0.4, 0.5) is 8.78 Å². The van der Waals surface area contributed by atoms with Gasteiger partial charge in [0.25, 0.3) is 0 Å². The van der Waals surface area contributed by atoms with Crippen molar-refractivity contribution in [3.63, 3.8) is 0 Å². The van der Waals surface area contributed by atoms with E-state index in [9.17, 15) is 13.6 Å². The Hall–Kier alpha value is -1.53. The van der Waals surface area contributed by atoms with Gasteiger partial charge in [-0.2, -0.15) is 0 Å². The van der Waals surface area contributed by atoms with Crippen molar-refractivity contribution in [2.45, 2.75) is 38.4 Å². The zero-order valence-corrected chi connectivity index (χ0v) is 12.6. The van der Waals surface area contributed by atoms with Crippen molar-refractivity contribution < 1.29 is 18.3 Å². The number of nitrogens with one attached hydrogen (secondary N) is 1. The molecule has 0 radical (unpaired) electrons. The molecule has 1 saturated heterocycles. The first-order chi connectivity index (χ1) is 10.5. The van der Waals surface area contributed by atoms with E-state index in [1.807, 2.05) is 0 Å². The predicted octanol–water partition coefficient (Wildman–Crippen LogP) is 2.29. The maximum atomic E-state index is 14.2. The Labute approximate surface area is 129 Å². The topological polar surface area (TPSA) is 64.3 Å². The second-order valence-electron chi connectivity index (χ2n) is 5.61. The van der Waals surface area contributed by atoms with E-state index in [2.05, 4.69) is 5.32 Å². The molecular formula is C16H22F2N2O2. The van der Waals surface area contributed by atoms with Crippen molar-refractivity contribution >= 4 is 5.91 Å². The summed E-state index contributed by atoms with van der Waals surface area (Å²) in [4.78, 5) is 11.4. The molecule has 3 unspecified atom stereocenters. The standard InChI is InChI=1S/C16H22F2N2O2/c1-2-13(16(19)21)22-15(10-5-4-8-20-9-10)11-6-3-7-12(17)14(11)18/h3,6-7,10,13,15,20H,2,4-5,8-9H2,1H3,(H2,19,21). The Morgan fingerprint density at radius 1 is 1.50 bits per heavy atom. The van der Waals surface area contributed by atoms with E-state index in [-0.39, 0.29) is 11.5 Å². The average molecular weight is 312 g/mol. The van der Waals surface area contributed by atoms with Crippen LogP contribution in [0, 0.1) is 17.6 Å². The minimum atomic E-state index is -0.919. The second-order valence-corrected chi connectivity index (χ2v) is 5.61. The fourth-order valence-corrected chi connectivity index (χ4v) is 2.86. The monoisotopic (exact) mass is 312 g/mol. The highest BCUT2D eigenvalue weighted by Crippen LogP contribution is 2.34. The molecule has 0 aromatic heterocycles. The lowest BCUT2D eigenvalue weighted by Crippen LogP contribution is -2.38. The molecule has 1 aromatic rings. The highest BCUT2D eigenvalue weighted by atomic mass is 19.2. The molecule has 0 saturated carbocycles. The number of nitrogens with two attached hydrogens (primary N) is 1. The number of piperidine rings is 1. The van der Waals surface area contributed by atoms with Gasteiger partial charge >= 0.3 is 0 Å². The average Bonchev–Trinajstić information content (AvgIpc) is 2.52. The van der Waals surface area contributed by atoms with Crippen LogP contribution in [0.2, 0.25) is 0 Å². The van der Waals surface area contributed by atoms with E-state index in [4.69, 9.17) is 10.5 Å². The smallest absolute Gasteiger partial charge is 0.246 e. The zero-order chi connectivity index (χ0) is 16.1. The fourth-order valence-electron chi connectivity index (χ4n) is 2.86. The Bertz CT molecular complexity index is 519. The molecule has 2 rings (SSSR count). The quantitative estimate of drug-likeness (QED) is 0.847. The molecule has 1 amide bonds. The molecular weight excluding hydrogens is 290 g/mol. The van der Waals surface area contributed by atoms with Crippen LogP contribution in [0.5, 0.6) is 0 Å². The van der Waals surface area contributed by atoms with Crippen LogP contribution in [0.1, 0.15) is 37.9 Å². The van der Waals surface area contributed by atoms with E-state index < -0.39 is 29.7 Å². The van der Waals surface area contributed by atoms with Crippen molar-refractivity contribution in [3.8, 4) is 0 Å². The van der Waals surface area contributed by atoms with E-state index >= 15 is 0 Å². The van der Waals surface area contributed by atoms with Gasteiger partial charge in [0.2, 0.25) is 5.91 Å². The van der Waals surface area contributed by atoms with E-state index in [1.54, 1.807) is 6.92 Å². The second kappa shape index (κ2) is 7.65. The first-order valence-corrected chi connectivity index (χ1v) is 7.64. The summed E-state index contributed by atoms with van der Waals surface area (Å²) in [6.45, 7) is 3.30. The summed E-state index contributed by atoms with van der Waals surface area (Å²) in [6, 6.07) is 4.03. The third-order valence-electron chi connectivity index (χ3n) is 4.05. The molecule has 1 aliphatic rings. The van der Waals surface area contributed by atoms with Gasteiger partial charge in [0, 0.05) is 18.0 Å². The molecule has 1 heterocycles. The minimum Gasteiger partial charge on any atom is -0.367 e. The minimum absolute atomic E-state index is 0.0292. The van der Waals surface area contributed by atoms with Gasteiger partial charge < -0.3 is 15.8 Å². The maximum absolute atomic E-state index is 14.2. The molecule has 1 fully saturated rings. The van der Waals surface area contributed by atoms with Crippen LogP contribution in [0.25, 0.3) is 0 Å². The zero-order valence-electron chi connectivity index (χ0n) is 12.6. The summed E-state index contributed by atoms with van der Waals surface area (Å²) < 4.78 is 33.5. The number of carbonyl (C=O) groups is 1. The molecule has 0 bridgehead atoms. The van der Waals surface area contributed by atoms with Crippen molar-refractivity contribution in [2.75, 3.05) is 13.1 Å². The molecule has 4 nitrogen and oxygen atoms in total. The predicted molar refractivity (Wildman–Crippen MR) is 79.1 cm³/mol. The van der Waals surface area contributed by atoms with Crippen LogP contribution >= 0.6 is 0 Å². The Morgan fingerprint density at radius 2 is 2.27 bits per heavy atom. The number of halogens is 2. The molecule has 6 heteroatoms. The van der Waals surface area contributed by atoms with Gasteiger partial charge in [-0.3, -0.25) is 4.79 Å². The van der Waals surface area contributed by atoms with Gasteiger partial charge in [0.05, 0.1) is 6.10 Å². The largest absolute Gasteiger partial charge is 0.367 e. The van der Waals surface area contributed by atoms with Gasteiger partial charge in [-0.25, -0.2) is 8.78 Å². The Morgan fingerprint density at radius 3 is 2.86 bits per heavy atom. The molecule has 22 heavy (non-hydrogen) atoms. The van der Waals surface area contributed by atoms with E-state index in [0.29, 0.717) is 13.0 Å². The summed E-state index contributed by atoms with van der Waals surface area (Å²) >= 11 is 0. The summed E-state index contributed by atoms with van der Waals surface area (Å²) in [7, 11) is 0. The van der Waals surface area contributed by atoms with E-state index in [0.717, 1.165) is 25.5 Å². The lowest BCUT2D eigenvalue weighted by atomic mass is 9.88. The summed E-state index contributed by atoms with van der Waals surface area (Å²) in [5.74, 6) is -2.45. The van der Waals surface area contributed by atoms with Crippen LogP contribution in [0.15, 0.2) is 18.2 Å². The number of hydrogen-bond donors (Lipinski definition) is 2. The van der Waals surface area contributed by atoms with Crippen molar-refractivity contribution in [2.24, 2.45) is 11.7 Å². The number of benzene rings is 1. The normalized spacial score (nSPS) is 21.3. The van der Waals surface area contributed by atoms with Crippen LogP contribution in [0.3, 0.4) is 0 Å². The van der Waals surface area contributed by atoms with Crippen LogP contribution in [-0.2, 0) is 9.53 Å². The van der Waals surface area contributed by atoms with Gasteiger partial charge in [0.1, 0.15) is 6.10 Å². The molecule has 122 valence electrons. The Balaban J connectivity index is 2.31. The number of ether oxygens (including phenoxy) is 1. The molecule has 1 aliphatic heterocycles. The number of hydrogen-bond acceptors (Lipinski definition) is 3. The fraction of sp³-hybridized carbons (Fsp3) is 0.562. The summed E-state index contributed by atoms with van der Waals surface area (Å²) in [6.07, 6.45) is 0.635. The van der Waals surface area contributed by atoms with Crippen LogP contribution < -0.4 is 11.1 Å². The Kier molecular flexibility index (Phi) is 5.85. The lowest BCUT2D eigenvalue weighted by molar-refractivity contribution is -0.137. The van der Waals surface area contributed by atoms with Crippen molar-refractivity contribution in [3.05, 3.63) is 35.4 Å². The van der Waals surface area contributed by atoms with Gasteiger partial charge in [-0.15, -0.1) is 0 Å². The molecule has 0 aliphatic carbocycles. The number of rotatable bonds is 6. The summed E-state index contributed by atoms with van der Waals surface area (Å²) in [5.41, 5.74) is 5.47. The van der Waals surface area contributed by atoms with Gasteiger partial charge in [-0.05, 0) is 31.9 Å². The third-order valence-corrected chi connectivity index (χ3v) is 4.05. The van der Waals surface area contributed by atoms with Crippen LogP contribution in [-0.4, -0.2) is 25.1 Å². The number of amides is 1. The first kappa shape index (κ1) is 16.8. The SMILES string of the molecule is CCC(OC(c1cccc(F)c1F)C1CCCNC1)C(N)=O. The highest BCUT2D eigenvalue weighted by Gasteiger charge is 2.32. The third kappa shape index (κ3) is 3.81. The molecule has 3 atom stereocenters. The molecule has 3 N–H and O–H groups in total. The van der Waals surface area contributed by atoms with Crippen molar-refractivity contribution in [1.29, 1.82) is 0 Å². The maximum Gasteiger partial charge on any atom is 0.246 e. The lowest BCUT2D eigenvalue weighted by Gasteiger charge is -2.33.